The van der Waals surface area contributed by atoms with Crippen molar-refractivity contribution < 1.29 is 90.0 Å². The molecule has 28 heteroatoms. The molecule has 5 aliphatic rings. The fourth-order valence-corrected chi connectivity index (χ4v) is 15.0. The first kappa shape index (κ1) is 96.4. The number of pyridine rings is 3. The number of aromatic nitrogens is 3. The molecule has 6 N–H and O–H groups in total. The van der Waals surface area contributed by atoms with E-state index in [2.05, 4.69) is 15.6 Å². The fourth-order valence-electron chi connectivity index (χ4n) is 14.5. The third-order valence-electron chi connectivity index (χ3n) is 22.6. The van der Waals surface area contributed by atoms with Gasteiger partial charge in [0.15, 0.2) is 57.6 Å². The molecule has 14 rings (SSSR count). The van der Waals surface area contributed by atoms with Gasteiger partial charge < -0.3 is 64.5 Å². The number of halogens is 6. The van der Waals surface area contributed by atoms with Gasteiger partial charge in [-0.05, 0) is 334 Å². The van der Waals surface area contributed by atoms with Crippen LogP contribution in [0, 0.1) is 29.3 Å². The Morgan fingerprint density at radius 3 is 1.02 bits per heavy atom. The third-order valence-corrected chi connectivity index (χ3v) is 23.4. The van der Waals surface area contributed by atoms with Crippen LogP contribution in [0.4, 0.5) is 22.8 Å². The number of Topliss-reactive ketones (excluding diaryl/α,β-unsaturated/α-hetero) is 4. The Labute approximate surface area is 760 Å². The zero-order chi connectivity index (χ0) is 92.9. The molecule has 5 fully saturated rings. The van der Waals surface area contributed by atoms with Gasteiger partial charge in [-0.25, -0.2) is 37.7 Å². The zero-order valence-corrected chi connectivity index (χ0v) is 77.1. The number of nitrogens with two attached hydrogens (primary N) is 1. The lowest BCUT2D eigenvalue weighted by atomic mass is 9.83. The molecule has 3 aromatic heterocycles. The number of hydrogen-bond acceptors (Lipinski definition) is 20. The molecule has 6 aromatic carbocycles. The predicted octanol–water partition coefficient (Wildman–Crippen LogP) is 22.4. The van der Waals surface area contributed by atoms with E-state index in [1.165, 1.54) is 49.6 Å². The summed E-state index contributed by atoms with van der Waals surface area (Å²) in [6.07, 6.45) is 8.92. The number of carbonyl (C=O) groups is 6. The number of hydrogen-bond donors (Lipinski definition) is 5. The number of alkyl carbamates (subject to hydrolysis) is 2. The van der Waals surface area contributed by atoms with E-state index in [0.29, 0.717) is 107 Å². The van der Waals surface area contributed by atoms with Crippen LogP contribution in [0.5, 0.6) is 34.5 Å². The second-order valence-corrected chi connectivity index (χ2v) is 38.4. The Bertz CT molecular complexity index is 5650. The predicted molar refractivity (Wildman–Crippen MR) is 484 cm³/mol. The van der Waals surface area contributed by atoms with Gasteiger partial charge in [-0.1, -0.05) is 34.8 Å². The van der Waals surface area contributed by atoms with Crippen LogP contribution in [-0.4, -0.2) is 111 Å². The van der Waals surface area contributed by atoms with Crippen molar-refractivity contribution in [2.24, 2.45) is 17.6 Å². The number of aliphatic hydroxyl groups is 2. The first-order valence-corrected chi connectivity index (χ1v) is 44.2. The van der Waals surface area contributed by atoms with Crippen molar-refractivity contribution in [2.75, 3.05) is 21.3 Å². The van der Waals surface area contributed by atoms with E-state index in [0.717, 1.165) is 69.8 Å². The van der Waals surface area contributed by atoms with Gasteiger partial charge in [0.1, 0.15) is 45.5 Å². The molecular formula is C100H112Cl3F3N6O16. The highest BCUT2D eigenvalue weighted by molar-refractivity contribution is 6.31. The summed E-state index contributed by atoms with van der Waals surface area (Å²) < 4.78 is 86.7. The van der Waals surface area contributed by atoms with Gasteiger partial charge in [-0.2, -0.15) is 0 Å². The first-order chi connectivity index (χ1) is 60.2. The molecule has 0 bridgehead atoms. The van der Waals surface area contributed by atoms with Gasteiger partial charge in [-0.15, -0.1) is 0 Å². The summed E-state index contributed by atoms with van der Waals surface area (Å²) in [6.45, 7) is 21.5. The molecule has 9 aromatic rings. The minimum absolute atomic E-state index is 0.0136. The van der Waals surface area contributed by atoms with E-state index >= 15 is 0 Å². The van der Waals surface area contributed by atoms with E-state index in [1.807, 2.05) is 39.8 Å². The SMILES string of the molecule is COc1cc(C(=O)CCC(=O)c2cc(C(C)(C)NC(=O)OC(C)(C)C)cc(-c3ccc(F)c(Cl)c3)n2)ccc1OC1CC1.COc1cc(C(=O)CCC(O)(c2cc(C(C)(C)N)cc(-c3ccc(F)c(Cl)c3)n2)C2CC2)ccc1OC1CC1.COc1cc(C(=O)CCC(O)(c2cc(C(C)(C)NC(=O)OC(C)(C)C)cc(-c3ccc(F)c(Cl)c3)n2)C2CC2)ccc1OC1CC1. The Kier molecular flexibility index (Phi) is 29.6. The summed E-state index contributed by atoms with van der Waals surface area (Å²) in [4.78, 5) is 92.8. The smallest absolute Gasteiger partial charge is 0.408 e. The maximum absolute atomic E-state index is 14.1. The Balaban J connectivity index is 0.000000175. The number of rotatable bonds is 34. The summed E-state index contributed by atoms with van der Waals surface area (Å²) in [5, 5.41) is 29.9. The van der Waals surface area contributed by atoms with E-state index in [1.54, 1.807) is 161 Å². The second-order valence-electron chi connectivity index (χ2n) is 37.1. The zero-order valence-electron chi connectivity index (χ0n) is 74.9. The van der Waals surface area contributed by atoms with E-state index < -0.39 is 68.7 Å². The van der Waals surface area contributed by atoms with Crippen LogP contribution in [0.25, 0.3) is 33.8 Å². The molecule has 2 unspecified atom stereocenters. The molecule has 0 saturated heterocycles. The van der Waals surface area contributed by atoms with Crippen molar-refractivity contribution in [3.63, 3.8) is 0 Å². The second kappa shape index (κ2) is 39.3. The number of carbonyl (C=O) groups excluding carboxylic acids is 6. The van der Waals surface area contributed by atoms with Gasteiger partial charge >= 0.3 is 12.2 Å². The molecule has 5 saturated carbocycles. The minimum Gasteiger partial charge on any atom is -0.493 e. The van der Waals surface area contributed by atoms with Gasteiger partial charge in [0.2, 0.25) is 0 Å². The van der Waals surface area contributed by atoms with E-state index in [4.69, 9.17) is 88.4 Å². The summed E-state index contributed by atoms with van der Waals surface area (Å²) >= 11 is 18.2. The fraction of sp³-hybridized carbons (Fsp3) is 0.430. The summed E-state index contributed by atoms with van der Waals surface area (Å²) in [5.74, 6) is 0.602. The quantitative estimate of drug-likeness (QED) is 0.0234. The average molecular weight is 1820 g/mol. The lowest BCUT2D eigenvalue weighted by Gasteiger charge is -2.32. The number of ether oxygens (including phenoxy) is 8. The van der Waals surface area contributed by atoms with Crippen LogP contribution in [0.1, 0.15) is 255 Å². The van der Waals surface area contributed by atoms with Crippen molar-refractivity contribution in [3.8, 4) is 68.3 Å². The van der Waals surface area contributed by atoms with Crippen molar-refractivity contribution >= 4 is 70.1 Å². The highest BCUT2D eigenvalue weighted by Gasteiger charge is 2.49. The maximum atomic E-state index is 14.1. The number of nitrogens with one attached hydrogen (secondary N) is 2. The molecular weight excluding hydrogens is 1700 g/mol. The molecule has 2 amide bonds. The lowest BCUT2D eigenvalue weighted by molar-refractivity contribution is -0.00132. The third kappa shape index (κ3) is 25.5. The lowest BCUT2D eigenvalue weighted by Crippen LogP contribution is -2.44. The van der Waals surface area contributed by atoms with Crippen LogP contribution >= 0.6 is 34.8 Å². The first-order valence-electron chi connectivity index (χ1n) is 43.1. The number of benzene rings is 6. The standard InChI is InChI=1S/C36H42ClFN2O6.C33H36ClFN2O6.C31H34ClFN2O4/c1-34(2,3)46-33(42)40-35(4,5)24-19-28(21-7-13-27(38)26(37)17-21)39-32(20-24)36(43,23-9-10-23)16-15-29(41)22-8-14-30(31(18-22)44-6)45-25-11-12-25;1-32(2,3)43-31(40)37-33(4,5)21-17-25(19-7-11-24(35)23(34)15-19)36-26(18-21)28(39)13-12-27(38)20-8-14-29(30(16-20)41-6)42-22-9-10-22;1-30(2,34)21-16-25(18-4-10-24(33)23(32)14-18)35-29(17-21)31(37,20-6-7-20)13-12-26(36)19-5-11-27(28(15-19)38-3)39-22-8-9-22/h7-8,13-14,17-20,23,25,43H,9-12,15-16H2,1-6H3,(H,40,42);7-8,11,14-18,22H,9-10,12-13H2,1-6H3,(H,37,40);4-5,10-11,14-17,20,22,37H,6-9,12-13,34H2,1-3H3. The highest BCUT2D eigenvalue weighted by atomic mass is 35.5. The van der Waals surface area contributed by atoms with Gasteiger partial charge in [0.05, 0.1) is 94.3 Å². The maximum Gasteiger partial charge on any atom is 0.408 e. The molecule has 2 atom stereocenters. The van der Waals surface area contributed by atoms with Crippen LogP contribution in [0.3, 0.4) is 0 Å². The van der Waals surface area contributed by atoms with Crippen LogP contribution < -0.4 is 44.8 Å². The van der Waals surface area contributed by atoms with Crippen LogP contribution in [0.2, 0.25) is 15.1 Å². The van der Waals surface area contributed by atoms with Gasteiger partial charge in [0, 0.05) is 64.6 Å². The van der Waals surface area contributed by atoms with Crippen molar-refractivity contribution in [1.29, 1.82) is 0 Å². The normalized spacial score (nSPS) is 15.5. The Hall–Kier alpha value is -10.7. The largest absolute Gasteiger partial charge is 0.493 e. The average Bonchev–Trinajstić information content (AvgIpc) is 1.63. The van der Waals surface area contributed by atoms with Crippen molar-refractivity contribution in [2.45, 2.75) is 243 Å². The molecule has 0 spiro atoms. The molecule has 22 nitrogen and oxygen atoms in total. The van der Waals surface area contributed by atoms with Crippen LogP contribution in [0.15, 0.2) is 146 Å². The molecule has 128 heavy (non-hydrogen) atoms. The number of amides is 2. The summed E-state index contributed by atoms with van der Waals surface area (Å²) in [5.41, 5.74) is 6.79. The van der Waals surface area contributed by atoms with Crippen LogP contribution in [-0.2, 0) is 37.3 Å². The van der Waals surface area contributed by atoms with Crippen molar-refractivity contribution in [3.05, 3.63) is 229 Å². The minimum atomic E-state index is -1.44. The highest BCUT2D eigenvalue weighted by Crippen LogP contribution is 2.52. The summed E-state index contributed by atoms with van der Waals surface area (Å²) in [7, 11) is 4.61. The van der Waals surface area contributed by atoms with E-state index in [-0.39, 0.29) is 113 Å². The molecule has 0 radical (unpaired) electrons. The Morgan fingerprint density at radius 2 is 0.703 bits per heavy atom. The van der Waals surface area contributed by atoms with E-state index in [9.17, 15) is 52.2 Å². The molecule has 5 aliphatic carbocycles. The summed E-state index contributed by atoms with van der Waals surface area (Å²) in [6, 6.07) is 38.7. The number of nitrogens with zero attached hydrogens (tertiary/aromatic N) is 3. The Morgan fingerprint density at radius 1 is 0.391 bits per heavy atom. The molecule has 680 valence electrons. The topological polar surface area (TPSA) is 305 Å². The molecule has 0 aliphatic heterocycles. The van der Waals surface area contributed by atoms with Gasteiger partial charge in [-0.3, -0.25) is 19.2 Å². The van der Waals surface area contributed by atoms with Gasteiger partial charge in [0.25, 0.3) is 0 Å². The van der Waals surface area contributed by atoms with Crippen molar-refractivity contribution in [1.82, 2.24) is 25.6 Å². The number of methoxy groups -OCH3 is 3. The monoisotopic (exact) mass is 1810 g/mol. The number of ketones is 4. The molecule has 3 heterocycles.